The maximum absolute atomic E-state index is 15.5. The zero-order chi connectivity index (χ0) is 30.7. The molecule has 5 aromatic rings. The van der Waals surface area contributed by atoms with Gasteiger partial charge in [-0.15, -0.1) is 0 Å². The maximum Gasteiger partial charge on any atom is 0.201 e. The van der Waals surface area contributed by atoms with Crippen LogP contribution < -0.4 is 4.74 Å². The molecule has 0 aromatic heterocycles. The smallest absolute Gasteiger partial charge is 0.201 e. The molecule has 7 heteroatoms. The average Bonchev–Trinajstić information content (AvgIpc) is 3.00. The number of hydrogen-bond donors (Lipinski definition) is 0. The van der Waals surface area contributed by atoms with E-state index in [1.54, 1.807) is 6.07 Å². The lowest BCUT2D eigenvalue weighted by Gasteiger charge is -2.13. The van der Waals surface area contributed by atoms with E-state index in [1.807, 2.05) is 0 Å². The van der Waals surface area contributed by atoms with E-state index in [-0.39, 0.29) is 45.6 Å². The highest BCUT2D eigenvalue weighted by atomic mass is 19.2. The summed E-state index contributed by atoms with van der Waals surface area (Å²) in [6.07, 6.45) is 4.96. The van der Waals surface area contributed by atoms with Gasteiger partial charge in [0.2, 0.25) is 5.82 Å². The van der Waals surface area contributed by atoms with E-state index in [4.69, 9.17) is 4.74 Å². The Hall–Kier alpha value is -4.52. The molecule has 0 radical (unpaired) electrons. The lowest BCUT2D eigenvalue weighted by atomic mass is 9.94. The second kappa shape index (κ2) is 12.8. The Morgan fingerprint density at radius 1 is 0.628 bits per heavy atom. The number of fused-ring (bicyclic) bond motifs is 1. The van der Waals surface area contributed by atoms with Gasteiger partial charge in [0, 0.05) is 22.3 Å². The van der Waals surface area contributed by atoms with Gasteiger partial charge in [0.25, 0.3) is 0 Å². The minimum absolute atomic E-state index is 0.00967. The molecule has 5 aromatic carbocycles. The standard InChI is InChI=1S/C36H28F6O/c1-3-5-6-7-21-19-24-12-13-27(32(38)31(24)29(37)20-21)28-15-14-25(33(39)35(28)41)22-8-10-23(11-9-22)26-16-17-30(43-18-4-2)36(42)34(26)40/h4,8-17,19-20H,2-3,5-7,18H2,1H3. The van der Waals surface area contributed by atoms with Gasteiger partial charge in [-0.05, 0) is 53.1 Å². The molecule has 220 valence electrons. The molecule has 0 unspecified atom stereocenters. The van der Waals surface area contributed by atoms with Gasteiger partial charge in [-0.3, -0.25) is 0 Å². The molecular weight excluding hydrogens is 562 g/mol. The zero-order valence-corrected chi connectivity index (χ0v) is 23.4. The van der Waals surface area contributed by atoms with E-state index in [9.17, 15) is 13.2 Å². The van der Waals surface area contributed by atoms with Crippen molar-refractivity contribution in [2.24, 2.45) is 0 Å². The Morgan fingerprint density at radius 3 is 1.84 bits per heavy atom. The fourth-order valence-corrected chi connectivity index (χ4v) is 5.19. The van der Waals surface area contributed by atoms with Gasteiger partial charge in [-0.25, -0.2) is 22.0 Å². The minimum Gasteiger partial charge on any atom is -0.486 e. The number of unbranched alkanes of at least 4 members (excludes halogenated alkanes) is 2. The fourth-order valence-electron chi connectivity index (χ4n) is 5.19. The van der Waals surface area contributed by atoms with Crippen LogP contribution in [-0.2, 0) is 6.42 Å². The van der Waals surface area contributed by atoms with Crippen molar-refractivity contribution in [3.05, 3.63) is 126 Å². The second-order valence-corrected chi connectivity index (χ2v) is 10.3. The van der Waals surface area contributed by atoms with Crippen LogP contribution in [-0.4, -0.2) is 6.61 Å². The Bertz CT molecular complexity index is 1810. The zero-order valence-electron chi connectivity index (χ0n) is 23.4. The number of benzene rings is 5. The van der Waals surface area contributed by atoms with Crippen molar-refractivity contribution < 1.29 is 31.1 Å². The summed E-state index contributed by atoms with van der Waals surface area (Å²) in [5, 5.41) is 0.0702. The first-order chi connectivity index (χ1) is 20.7. The van der Waals surface area contributed by atoms with Gasteiger partial charge >= 0.3 is 0 Å². The summed E-state index contributed by atoms with van der Waals surface area (Å²) in [5.74, 6) is -6.76. The lowest BCUT2D eigenvalue weighted by molar-refractivity contribution is 0.333. The van der Waals surface area contributed by atoms with Crippen LogP contribution in [0.2, 0.25) is 0 Å². The first kappa shape index (κ1) is 30.0. The van der Waals surface area contributed by atoms with E-state index >= 15 is 13.2 Å². The van der Waals surface area contributed by atoms with Crippen LogP contribution in [0, 0.1) is 34.9 Å². The molecule has 0 N–H and O–H groups in total. The van der Waals surface area contributed by atoms with Crippen LogP contribution in [0.3, 0.4) is 0 Å². The van der Waals surface area contributed by atoms with E-state index in [1.165, 1.54) is 72.8 Å². The number of ether oxygens (including phenoxy) is 1. The molecule has 0 atom stereocenters. The molecule has 0 bridgehead atoms. The van der Waals surface area contributed by atoms with Crippen LogP contribution in [0.25, 0.3) is 44.2 Å². The predicted molar refractivity (Wildman–Crippen MR) is 159 cm³/mol. The van der Waals surface area contributed by atoms with Gasteiger partial charge in [0.15, 0.2) is 23.2 Å². The first-order valence-corrected chi connectivity index (χ1v) is 14.0. The summed E-state index contributed by atoms with van der Waals surface area (Å²) in [5.41, 5.74) is 0.559. The molecule has 0 spiro atoms. The quantitative estimate of drug-likeness (QED) is 0.0893. The molecule has 5 rings (SSSR count). The van der Waals surface area contributed by atoms with E-state index < -0.39 is 34.9 Å². The van der Waals surface area contributed by atoms with Crippen molar-refractivity contribution in [1.82, 2.24) is 0 Å². The molecule has 0 aliphatic rings. The van der Waals surface area contributed by atoms with Gasteiger partial charge in [-0.2, -0.15) is 4.39 Å². The number of halogens is 6. The summed E-state index contributed by atoms with van der Waals surface area (Å²) in [6, 6.07) is 16.8. The highest BCUT2D eigenvalue weighted by Gasteiger charge is 2.21. The molecule has 0 aliphatic heterocycles. The fraction of sp³-hybridized carbons (Fsp3) is 0.167. The Kier molecular flexibility index (Phi) is 8.90. The van der Waals surface area contributed by atoms with Gasteiger partial charge in [0.1, 0.15) is 18.2 Å². The van der Waals surface area contributed by atoms with E-state index in [0.717, 1.165) is 24.8 Å². The van der Waals surface area contributed by atoms with Crippen molar-refractivity contribution in [2.75, 3.05) is 6.61 Å². The Morgan fingerprint density at radius 2 is 1.19 bits per heavy atom. The Labute approximate surface area is 246 Å². The van der Waals surface area contributed by atoms with Crippen LogP contribution in [0.15, 0.2) is 85.5 Å². The van der Waals surface area contributed by atoms with Gasteiger partial charge in [-0.1, -0.05) is 87.0 Å². The molecule has 0 saturated carbocycles. The normalized spacial score (nSPS) is 11.2. The van der Waals surface area contributed by atoms with Crippen molar-refractivity contribution in [3.8, 4) is 39.1 Å². The highest BCUT2D eigenvalue weighted by molar-refractivity contribution is 5.90. The second-order valence-electron chi connectivity index (χ2n) is 10.3. The summed E-state index contributed by atoms with van der Waals surface area (Å²) < 4.78 is 95.5. The summed E-state index contributed by atoms with van der Waals surface area (Å²) in [6.45, 7) is 5.54. The van der Waals surface area contributed by atoms with E-state index in [0.29, 0.717) is 17.4 Å². The SMILES string of the molecule is C=CCOc1ccc(-c2ccc(-c3ccc(-c4ccc5cc(CCCCC)cc(F)c5c4F)c(F)c3F)cc2)c(F)c1F. The third kappa shape index (κ3) is 5.89. The minimum atomic E-state index is -1.29. The van der Waals surface area contributed by atoms with Crippen molar-refractivity contribution in [2.45, 2.75) is 32.6 Å². The third-order valence-electron chi connectivity index (χ3n) is 7.42. The molecule has 0 fully saturated rings. The lowest BCUT2D eigenvalue weighted by Crippen LogP contribution is -1.99. The van der Waals surface area contributed by atoms with E-state index in [2.05, 4.69) is 13.5 Å². The molecular formula is C36H28F6O. The summed E-state index contributed by atoms with van der Waals surface area (Å²) >= 11 is 0. The first-order valence-electron chi connectivity index (χ1n) is 14.0. The Balaban J connectivity index is 1.45. The topological polar surface area (TPSA) is 9.23 Å². The van der Waals surface area contributed by atoms with Crippen LogP contribution in [0.1, 0.15) is 31.7 Å². The molecule has 0 heterocycles. The number of hydrogen-bond acceptors (Lipinski definition) is 1. The molecule has 1 nitrogen and oxygen atoms in total. The number of rotatable bonds is 10. The van der Waals surface area contributed by atoms with Crippen molar-refractivity contribution >= 4 is 10.8 Å². The van der Waals surface area contributed by atoms with Gasteiger partial charge < -0.3 is 4.74 Å². The molecule has 0 saturated heterocycles. The highest BCUT2D eigenvalue weighted by Crippen LogP contribution is 2.37. The third-order valence-corrected chi connectivity index (χ3v) is 7.42. The molecule has 0 aliphatic carbocycles. The average molecular weight is 591 g/mol. The monoisotopic (exact) mass is 590 g/mol. The van der Waals surface area contributed by atoms with Crippen molar-refractivity contribution in [3.63, 3.8) is 0 Å². The van der Waals surface area contributed by atoms with Crippen LogP contribution >= 0.6 is 0 Å². The predicted octanol–water partition coefficient (Wildman–Crippen LogP) is 11.0. The maximum atomic E-state index is 15.5. The molecule has 43 heavy (non-hydrogen) atoms. The summed E-state index contributed by atoms with van der Waals surface area (Å²) in [4.78, 5) is 0. The molecule has 0 amide bonds. The van der Waals surface area contributed by atoms with Crippen LogP contribution in [0.5, 0.6) is 5.75 Å². The van der Waals surface area contributed by atoms with Crippen molar-refractivity contribution in [1.29, 1.82) is 0 Å². The summed E-state index contributed by atoms with van der Waals surface area (Å²) in [7, 11) is 0. The van der Waals surface area contributed by atoms with Gasteiger partial charge in [0.05, 0.1) is 5.39 Å². The number of aryl methyl sites for hydroxylation is 1. The van der Waals surface area contributed by atoms with Crippen LogP contribution in [0.4, 0.5) is 26.3 Å². The largest absolute Gasteiger partial charge is 0.486 e.